The van der Waals surface area contributed by atoms with Crippen molar-refractivity contribution in [2.24, 2.45) is 5.41 Å². The SMILES string of the molecule is CCCCCc1ccc(C(=O)Oc2ccc(-c3nc4ccc(Br)cn4c3NC(C)(C)CC(C)(C)C)cc2OC)cc1. The molecule has 0 aliphatic carbocycles. The lowest BCUT2D eigenvalue weighted by atomic mass is 9.82. The smallest absolute Gasteiger partial charge is 0.343 e. The highest BCUT2D eigenvalue weighted by Crippen LogP contribution is 2.38. The van der Waals surface area contributed by atoms with Gasteiger partial charge in [-0.25, -0.2) is 9.78 Å². The number of carbonyl (C=O) groups is 1. The van der Waals surface area contributed by atoms with E-state index in [-0.39, 0.29) is 11.0 Å². The molecule has 0 amide bonds. The van der Waals surface area contributed by atoms with Crippen LogP contribution in [0, 0.1) is 5.41 Å². The molecule has 0 saturated carbocycles. The summed E-state index contributed by atoms with van der Waals surface area (Å²) in [6.45, 7) is 13.3. The molecular formula is C34H42BrN3O3. The predicted molar refractivity (Wildman–Crippen MR) is 171 cm³/mol. The summed E-state index contributed by atoms with van der Waals surface area (Å²) < 4.78 is 14.5. The molecule has 0 aliphatic heterocycles. The molecule has 0 atom stereocenters. The van der Waals surface area contributed by atoms with Crippen molar-refractivity contribution in [3.8, 4) is 22.8 Å². The van der Waals surface area contributed by atoms with Crippen LogP contribution >= 0.6 is 15.9 Å². The van der Waals surface area contributed by atoms with Crippen molar-refractivity contribution < 1.29 is 14.3 Å². The first-order valence-corrected chi connectivity index (χ1v) is 15.1. The van der Waals surface area contributed by atoms with Crippen LogP contribution < -0.4 is 14.8 Å². The van der Waals surface area contributed by atoms with Gasteiger partial charge in [0, 0.05) is 21.8 Å². The zero-order chi connectivity index (χ0) is 29.8. The van der Waals surface area contributed by atoms with E-state index in [1.807, 2.05) is 54.7 Å². The average molecular weight is 621 g/mol. The maximum atomic E-state index is 13.0. The van der Waals surface area contributed by atoms with E-state index in [0.29, 0.717) is 17.1 Å². The summed E-state index contributed by atoms with van der Waals surface area (Å²) in [5, 5.41) is 3.77. The number of esters is 1. The van der Waals surface area contributed by atoms with Crippen LogP contribution in [0.2, 0.25) is 0 Å². The maximum Gasteiger partial charge on any atom is 0.343 e. The molecule has 218 valence electrons. The van der Waals surface area contributed by atoms with E-state index in [1.165, 1.54) is 18.4 Å². The number of nitrogens with zero attached hydrogens (tertiary/aromatic N) is 2. The second kappa shape index (κ2) is 12.7. The van der Waals surface area contributed by atoms with Gasteiger partial charge in [0.05, 0.1) is 12.7 Å². The highest BCUT2D eigenvalue weighted by Gasteiger charge is 2.28. The summed E-state index contributed by atoms with van der Waals surface area (Å²) in [5.74, 6) is 1.30. The normalized spacial score (nSPS) is 12.0. The number of nitrogens with one attached hydrogen (secondary N) is 1. The van der Waals surface area contributed by atoms with Gasteiger partial charge >= 0.3 is 5.97 Å². The fourth-order valence-electron chi connectivity index (χ4n) is 5.47. The lowest BCUT2D eigenvalue weighted by Crippen LogP contribution is -2.36. The maximum absolute atomic E-state index is 13.0. The summed E-state index contributed by atoms with van der Waals surface area (Å²) in [6, 6.07) is 17.2. The number of imidazole rings is 1. The van der Waals surface area contributed by atoms with E-state index in [1.54, 1.807) is 13.2 Å². The Balaban J connectivity index is 1.63. The van der Waals surface area contributed by atoms with Crippen LogP contribution in [0.3, 0.4) is 0 Å². The zero-order valence-corrected chi connectivity index (χ0v) is 26.9. The van der Waals surface area contributed by atoms with Crippen molar-refractivity contribution in [1.82, 2.24) is 9.38 Å². The zero-order valence-electron chi connectivity index (χ0n) is 25.3. The van der Waals surface area contributed by atoms with Gasteiger partial charge in [-0.2, -0.15) is 0 Å². The van der Waals surface area contributed by atoms with Crippen LogP contribution in [-0.4, -0.2) is 28.0 Å². The summed E-state index contributed by atoms with van der Waals surface area (Å²) in [4.78, 5) is 17.9. The van der Waals surface area contributed by atoms with Gasteiger partial charge < -0.3 is 14.8 Å². The number of unbranched alkanes of at least 4 members (excludes halogenated alkanes) is 2. The average Bonchev–Trinajstić information content (AvgIpc) is 3.24. The van der Waals surface area contributed by atoms with Crippen molar-refractivity contribution in [1.29, 1.82) is 0 Å². The van der Waals surface area contributed by atoms with Crippen LogP contribution in [0.5, 0.6) is 11.5 Å². The third-order valence-electron chi connectivity index (χ3n) is 6.91. The van der Waals surface area contributed by atoms with Crippen LogP contribution in [0.15, 0.2) is 65.3 Å². The van der Waals surface area contributed by atoms with Gasteiger partial charge in [0.25, 0.3) is 0 Å². The van der Waals surface area contributed by atoms with E-state index in [0.717, 1.165) is 46.5 Å². The fourth-order valence-corrected chi connectivity index (χ4v) is 5.81. The molecule has 0 fully saturated rings. The first-order chi connectivity index (χ1) is 19.4. The fraction of sp³-hybridized carbons (Fsp3) is 0.412. The molecule has 2 heterocycles. The predicted octanol–water partition coefficient (Wildman–Crippen LogP) is 9.35. The molecule has 41 heavy (non-hydrogen) atoms. The van der Waals surface area contributed by atoms with E-state index in [4.69, 9.17) is 14.5 Å². The van der Waals surface area contributed by atoms with Gasteiger partial charge in [0.15, 0.2) is 11.5 Å². The summed E-state index contributed by atoms with van der Waals surface area (Å²) >= 11 is 3.61. The van der Waals surface area contributed by atoms with Gasteiger partial charge in [-0.1, -0.05) is 52.7 Å². The number of rotatable bonds is 11. The molecule has 1 N–H and O–H groups in total. The highest BCUT2D eigenvalue weighted by atomic mass is 79.9. The molecule has 6 nitrogen and oxygen atoms in total. The number of benzene rings is 2. The molecule has 0 unspecified atom stereocenters. The Kier molecular flexibility index (Phi) is 9.48. The molecule has 0 saturated heterocycles. The van der Waals surface area contributed by atoms with Crippen LogP contribution in [0.1, 0.15) is 83.1 Å². The Bertz CT molecular complexity index is 1500. The number of carbonyl (C=O) groups excluding carboxylic acids is 1. The first kappa shape index (κ1) is 30.6. The molecule has 0 spiro atoms. The molecular weight excluding hydrogens is 578 g/mol. The largest absolute Gasteiger partial charge is 0.493 e. The van der Waals surface area contributed by atoms with Gasteiger partial charge in [0.2, 0.25) is 0 Å². The number of halogens is 1. The number of ether oxygens (including phenoxy) is 2. The standard InChI is InChI=1S/C34H42BrN3O3/c1-8-9-10-11-23-12-14-24(15-13-23)32(39)41-27-18-16-25(20-28(27)40-7)30-31(37-34(5,6)22-33(2,3)4)38-21-26(35)17-19-29(38)36-30/h12-21,37H,8-11,22H2,1-7H3. The Hall–Kier alpha value is -3.32. The first-order valence-electron chi connectivity index (χ1n) is 14.3. The number of fused-ring (bicyclic) bond motifs is 1. The van der Waals surface area contributed by atoms with E-state index < -0.39 is 5.97 Å². The molecule has 4 rings (SSSR count). The van der Waals surface area contributed by atoms with Crippen molar-refractivity contribution in [2.45, 2.75) is 79.2 Å². The van der Waals surface area contributed by atoms with E-state index in [2.05, 4.69) is 67.2 Å². The summed E-state index contributed by atoms with van der Waals surface area (Å²) in [5.41, 5.74) is 4.15. The molecule has 2 aromatic carbocycles. The lowest BCUT2D eigenvalue weighted by molar-refractivity contribution is 0.0729. The van der Waals surface area contributed by atoms with Crippen LogP contribution in [0.25, 0.3) is 16.9 Å². The number of anilines is 1. The Morgan fingerprint density at radius 1 is 0.976 bits per heavy atom. The van der Waals surface area contributed by atoms with Crippen molar-refractivity contribution in [3.63, 3.8) is 0 Å². The topological polar surface area (TPSA) is 64.9 Å². The molecule has 0 bridgehead atoms. The Labute approximate surface area is 252 Å². The number of pyridine rings is 1. The van der Waals surface area contributed by atoms with Gasteiger partial charge in [-0.15, -0.1) is 0 Å². The third-order valence-corrected chi connectivity index (χ3v) is 7.38. The second-order valence-electron chi connectivity index (χ2n) is 12.5. The second-order valence-corrected chi connectivity index (χ2v) is 13.5. The van der Waals surface area contributed by atoms with Crippen LogP contribution in [-0.2, 0) is 6.42 Å². The molecule has 4 aromatic rings. The van der Waals surface area contributed by atoms with Crippen molar-refractivity contribution in [3.05, 3.63) is 76.4 Å². The van der Waals surface area contributed by atoms with Crippen molar-refractivity contribution in [2.75, 3.05) is 12.4 Å². The van der Waals surface area contributed by atoms with E-state index in [9.17, 15) is 4.79 Å². The third kappa shape index (κ3) is 7.91. The van der Waals surface area contributed by atoms with Crippen LogP contribution in [0.4, 0.5) is 5.82 Å². The summed E-state index contributed by atoms with van der Waals surface area (Å²) in [7, 11) is 1.58. The number of aromatic nitrogens is 2. The number of hydrogen-bond acceptors (Lipinski definition) is 5. The number of hydrogen-bond donors (Lipinski definition) is 1. The summed E-state index contributed by atoms with van der Waals surface area (Å²) in [6.07, 6.45) is 7.54. The Morgan fingerprint density at radius 3 is 2.37 bits per heavy atom. The van der Waals surface area contributed by atoms with Gasteiger partial charge in [-0.05, 0) is 102 Å². The van der Waals surface area contributed by atoms with E-state index >= 15 is 0 Å². The molecule has 0 aliphatic rings. The number of methoxy groups -OCH3 is 1. The lowest BCUT2D eigenvalue weighted by Gasteiger charge is -2.34. The number of aryl methyl sites for hydroxylation is 1. The minimum atomic E-state index is -0.417. The highest BCUT2D eigenvalue weighted by molar-refractivity contribution is 9.10. The monoisotopic (exact) mass is 619 g/mol. The van der Waals surface area contributed by atoms with Gasteiger partial charge in [0.1, 0.15) is 17.2 Å². The molecule has 0 radical (unpaired) electrons. The minimum absolute atomic E-state index is 0.141. The van der Waals surface area contributed by atoms with Crippen molar-refractivity contribution >= 4 is 33.4 Å². The molecule has 7 heteroatoms. The minimum Gasteiger partial charge on any atom is -0.493 e. The Morgan fingerprint density at radius 2 is 1.71 bits per heavy atom. The quantitative estimate of drug-likeness (QED) is 0.103. The van der Waals surface area contributed by atoms with Gasteiger partial charge in [-0.3, -0.25) is 4.40 Å². The molecule has 2 aromatic heterocycles.